The van der Waals surface area contributed by atoms with Crippen molar-refractivity contribution in [2.45, 2.75) is 24.3 Å². The Morgan fingerprint density at radius 1 is 0.971 bits per heavy atom. The van der Waals surface area contributed by atoms with Crippen molar-refractivity contribution < 1.29 is 27.4 Å². The normalized spacial score (nSPS) is 11.9. The lowest BCUT2D eigenvalue weighted by molar-refractivity contribution is -0.122. The van der Waals surface area contributed by atoms with Crippen LogP contribution >= 0.6 is 11.6 Å². The third kappa shape index (κ3) is 6.33. The van der Waals surface area contributed by atoms with E-state index in [1.807, 2.05) is 6.92 Å². The molecule has 10 heteroatoms. The summed E-state index contributed by atoms with van der Waals surface area (Å²) >= 11 is 5.97. The molecule has 0 saturated carbocycles. The number of amides is 1. The zero-order chi connectivity index (χ0) is 24.7. The number of ether oxygens (including phenoxy) is 3. The van der Waals surface area contributed by atoms with Crippen molar-refractivity contribution in [2.75, 3.05) is 24.3 Å². The summed E-state index contributed by atoms with van der Waals surface area (Å²) in [6.45, 7) is 1.82. The van der Waals surface area contributed by atoms with Crippen LogP contribution in [0.25, 0.3) is 0 Å². The summed E-state index contributed by atoms with van der Waals surface area (Å²) in [7, 11) is -0.958. The van der Waals surface area contributed by atoms with Gasteiger partial charge in [-0.05, 0) is 61.0 Å². The molecule has 8 nitrogen and oxygen atoms in total. The number of anilines is 2. The molecular formula is C24H25ClN2O6S. The number of hydrogen-bond donors (Lipinski definition) is 2. The predicted molar refractivity (Wildman–Crippen MR) is 132 cm³/mol. The maximum absolute atomic E-state index is 12.8. The number of carbonyl (C=O) groups excluding carboxylic acids is 1. The van der Waals surface area contributed by atoms with Gasteiger partial charge >= 0.3 is 0 Å². The minimum absolute atomic E-state index is 0.0191. The summed E-state index contributed by atoms with van der Waals surface area (Å²) in [6.07, 6.45) is -0.315. The molecule has 0 saturated heterocycles. The smallest absolute Gasteiger partial charge is 0.265 e. The lowest BCUT2D eigenvalue weighted by Crippen LogP contribution is -2.32. The molecule has 3 rings (SSSR count). The Kier molecular flexibility index (Phi) is 8.25. The van der Waals surface area contributed by atoms with E-state index in [4.69, 9.17) is 25.8 Å². The van der Waals surface area contributed by atoms with Gasteiger partial charge in [0.2, 0.25) is 0 Å². The molecule has 1 unspecified atom stereocenters. The molecule has 0 fully saturated rings. The van der Waals surface area contributed by atoms with Gasteiger partial charge in [-0.3, -0.25) is 9.52 Å². The highest BCUT2D eigenvalue weighted by atomic mass is 35.5. The predicted octanol–water partition coefficient (Wildman–Crippen LogP) is 4.95. The molecule has 0 aromatic heterocycles. The number of carbonyl (C=O) groups is 1. The molecule has 3 aromatic rings. The van der Waals surface area contributed by atoms with E-state index in [1.54, 1.807) is 42.5 Å². The molecule has 0 aliphatic heterocycles. The van der Waals surface area contributed by atoms with E-state index in [0.717, 1.165) is 0 Å². The van der Waals surface area contributed by atoms with Crippen LogP contribution in [0.1, 0.15) is 13.3 Å². The average Bonchev–Trinajstić information content (AvgIpc) is 2.83. The highest BCUT2D eigenvalue weighted by Crippen LogP contribution is 2.31. The van der Waals surface area contributed by atoms with Gasteiger partial charge in [-0.1, -0.05) is 24.6 Å². The van der Waals surface area contributed by atoms with Crippen molar-refractivity contribution in [3.8, 4) is 17.2 Å². The maximum Gasteiger partial charge on any atom is 0.265 e. The molecule has 0 aliphatic rings. The SMILES string of the molecule is CCC(Oc1cccc(Cl)c1)C(=O)Nc1ccc(S(=O)(=O)Nc2ccc(OC)cc2OC)cc1. The topological polar surface area (TPSA) is 103 Å². The van der Waals surface area contributed by atoms with Gasteiger partial charge in [0.05, 0.1) is 24.8 Å². The van der Waals surface area contributed by atoms with Gasteiger partial charge in [0, 0.05) is 16.8 Å². The van der Waals surface area contributed by atoms with E-state index < -0.39 is 16.1 Å². The van der Waals surface area contributed by atoms with Gasteiger partial charge in [-0.25, -0.2) is 8.42 Å². The molecule has 0 heterocycles. The minimum Gasteiger partial charge on any atom is -0.497 e. The Morgan fingerprint density at radius 3 is 2.32 bits per heavy atom. The van der Waals surface area contributed by atoms with Gasteiger partial charge in [0.1, 0.15) is 17.2 Å². The van der Waals surface area contributed by atoms with E-state index >= 15 is 0 Å². The van der Waals surface area contributed by atoms with Gasteiger partial charge in [0.15, 0.2) is 6.10 Å². The summed E-state index contributed by atoms with van der Waals surface area (Å²) in [5.41, 5.74) is 0.698. The number of sulfonamides is 1. The van der Waals surface area contributed by atoms with Crippen molar-refractivity contribution in [3.05, 3.63) is 71.8 Å². The van der Waals surface area contributed by atoms with Crippen LogP contribution in [0.4, 0.5) is 11.4 Å². The standard InChI is InChI=1S/C24H25ClN2O6S/c1-4-22(33-19-7-5-6-16(25)14-19)24(28)26-17-8-11-20(12-9-17)34(29,30)27-21-13-10-18(31-2)15-23(21)32-3/h5-15,22,27H,4H2,1-3H3,(H,26,28). The first-order chi connectivity index (χ1) is 16.2. The maximum atomic E-state index is 12.8. The third-order valence-corrected chi connectivity index (χ3v) is 6.44. The van der Waals surface area contributed by atoms with Gasteiger partial charge < -0.3 is 19.5 Å². The second-order valence-electron chi connectivity index (χ2n) is 7.16. The Bertz CT molecular complexity index is 1250. The molecule has 0 radical (unpaired) electrons. The lowest BCUT2D eigenvalue weighted by atomic mass is 10.2. The highest BCUT2D eigenvalue weighted by Gasteiger charge is 2.20. The molecule has 0 bridgehead atoms. The second kappa shape index (κ2) is 11.1. The first-order valence-corrected chi connectivity index (χ1v) is 12.2. The number of benzene rings is 3. The van der Waals surface area contributed by atoms with E-state index in [2.05, 4.69) is 10.0 Å². The average molecular weight is 505 g/mol. The van der Waals surface area contributed by atoms with Crippen LogP contribution in [0, 0.1) is 0 Å². The number of methoxy groups -OCH3 is 2. The van der Waals surface area contributed by atoms with Crippen LogP contribution in [-0.4, -0.2) is 34.6 Å². The lowest BCUT2D eigenvalue weighted by Gasteiger charge is -2.17. The largest absolute Gasteiger partial charge is 0.497 e. The molecule has 1 atom stereocenters. The van der Waals surface area contributed by atoms with Gasteiger partial charge in [0.25, 0.3) is 15.9 Å². The highest BCUT2D eigenvalue weighted by molar-refractivity contribution is 7.92. The van der Waals surface area contributed by atoms with E-state index in [0.29, 0.717) is 34.4 Å². The number of rotatable bonds is 10. The molecule has 3 aromatic carbocycles. The zero-order valence-electron chi connectivity index (χ0n) is 18.9. The Morgan fingerprint density at radius 2 is 1.71 bits per heavy atom. The van der Waals surface area contributed by atoms with Crippen molar-refractivity contribution >= 4 is 38.9 Å². The summed E-state index contributed by atoms with van der Waals surface area (Å²) in [5.74, 6) is 0.969. The van der Waals surface area contributed by atoms with Crippen LogP contribution in [0.15, 0.2) is 71.6 Å². The van der Waals surface area contributed by atoms with Crippen LogP contribution in [-0.2, 0) is 14.8 Å². The Hall–Kier alpha value is -3.43. The minimum atomic E-state index is -3.90. The van der Waals surface area contributed by atoms with Crippen LogP contribution in [0.3, 0.4) is 0 Å². The van der Waals surface area contributed by atoms with Crippen LogP contribution in [0.2, 0.25) is 5.02 Å². The number of hydrogen-bond acceptors (Lipinski definition) is 6. The monoisotopic (exact) mass is 504 g/mol. The Labute approximate surface area is 203 Å². The van der Waals surface area contributed by atoms with E-state index in [-0.39, 0.29) is 16.5 Å². The molecular weight excluding hydrogens is 480 g/mol. The molecule has 1 amide bonds. The zero-order valence-corrected chi connectivity index (χ0v) is 20.4. The summed E-state index contributed by atoms with van der Waals surface area (Å²) in [5, 5.41) is 3.25. The third-order valence-electron chi connectivity index (χ3n) is 4.82. The summed E-state index contributed by atoms with van der Waals surface area (Å²) in [4.78, 5) is 12.7. The van der Waals surface area contributed by atoms with E-state index in [9.17, 15) is 13.2 Å². The van der Waals surface area contributed by atoms with Crippen LogP contribution in [0.5, 0.6) is 17.2 Å². The summed E-state index contributed by atoms with van der Waals surface area (Å²) < 4.78 is 44.3. The fraction of sp³-hybridized carbons (Fsp3) is 0.208. The van der Waals surface area contributed by atoms with Crippen molar-refractivity contribution in [3.63, 3.8) is 0 Å². The van der Waals surface area contributed by atoms with Gasteiger partial charge in [-0.15, -0.1) is 0 Å². The fourth-order valence-corrected chi connectivity index (χ4v) is 4.30. The molecule has 34 heavy (non-hydrogen) atoms. The first-order valence-electron chi connectivity index (χ1n) is 10.3. The van der Waals surface area contributed by atoms with Crippen molar-refractivity contribution in [1.29, 1.82) is 0 Å². The molecule has 2 N–H and O–H groups in total. The van der Waals surface area contributed by atoms with Gasteiger partial charge in [-0.2, -0.15) is 0 Å². The number of nitrogens with one attached hydrogen (secondary N) is 2. The van der Waals surface area contributed by atoms with Crippen molar-refractivity contribution in [1.82, 2.24) is 0 Å². The molecule has 0 aliphatic carbocycles. The fourth-order valence-electron chi connectivity index (χ4n) is 3.05. The quantitative estimate of drug-likeness (QED) is 0.405. The number of halogens is 1. The van der Waals surface area contributed by atoms with Crippen molar-refractivity contribution in [2.24, 2.45) is 0 Å². The summed E-state index contributed by atoms with van der Waals surface area (Å²) in [6, 6.07) is 17.3. The molecule has 180 valence electrons. The Balaban J connectivity index is 1.69. The molecule has 0 spiro atoms. The first kappa shape index (κ1) is 25.2. The van der Waals surface area contributed by atoms with E-state index in [1.165, 1.54) is 38.5 Å². The second-order valence-corrected chi connectivity index (χ2v) is 9.28. The van der Waals surface area contributed by atoms with Crippen LogP contribution < -0.4 is 24.2 Å².